The predicted octanol–water partition coefficient (Wildman–Crippen LogP) is 2.25. The second kappa shape index (κ2) is 7.30. The molecule has 0 aliphatic heterocycles. The summed E-state index contributed by atoms with van der Waals surface area (Å²) in [6.45, 7) is 1.98. The summed E-state index contributed by atoms with van der Waals surface area (Å²) >= 11 is 0. The average Bonchev–Trinajstić information content (AvgIpc) is 3.20. The summed E-state index contributed by atoms with van der Waals surface area (Å²) in [4.78, 5) is 12.2. The molecule has 8 nitrogen and oxygen atoms in total. The summed E-state index contributed by atoms with van der Waals surface area (Å²) in [6.07, 6.45) is 1.76. The standard InChI is InChI=1S/C18H21N5O3/c1-12-9-17(22(2)20-12)19-18(24)11-23-8-7-14(21-23)13-5-6-15(25-3)16(10-13)26-4/h5-10H,11H2,1-4H3,(H,19,24). The number of hydrogen-bond acceptors (Lipinski definition) is 5. The van der Waals surface area contributed by atoms with Gasteiger partial charge in [-0.15, -0.1) is 0 Å². The Morgan fingerprint density at radius 3 is 2.54 bits per heavy atom. The fourth-order valence-corrected chi connectivity index (χ4v) is 2.66. The van der Waals surface area contributed by atoms with E-state index in [0.29, 0.717) is 17.3 Å². The first-order chi connectivity index (χ1) is 12.5. The maximum absolute atomic E-state index is 12.2. The molecular formula is C18H21N5O3. The molecule has 3 aromatic rings. The van der Waals surface area contributed by atoms with Crippen molar-refractivity contribution in [3.8, 4) is 22.8 Å². The zero-order chi connectivity index (χ0) is 18.7. The van der Waals surface area contributed by atoms with E-state index in [2.05, 4.69) is 15.5 Å². The molecule has 1 amide bonds. The van der Waals surface area contributed by atoms with Gasteiger partial charge in [0.25, 0.3) is 0 Å². The molecule has 0 aliphatic carbocycles. The molecule has 1 aromatic carbocycles. The first-order valence-electron chi connectivity index (χ1n) is 8.06. The van der Waals surface area contributed by atoms with Crippen molar-refractivity contribution in [2.24, 2.45) is 7.05 Å². The Labute approximate surface area is 151 Å². The van der Waals surface area contributed by atoms with E-state index < -0.39 is 0 Å². The number of nitrogens with one attached hydrogen (secondary N) is 1. The van der Waals surface area contributed by atoms with Gasteiger partial charge in [-0.05, 0) is 31.2 Å². The van der Waals surface area contributed by atoms with Gasteiger partial charge in [-0.2, -0.15) is 10.2 Å². The number of aromatic nitrogens is 4. The van der Waals surface area contributed by atoms with E-state index in [0.717, 1.165) is 17.0 Å². The minimum Gasteiger partial charge on any atom is -0.493 e. The van der Waals surface area contributed by atoms with E-state index in [9.17, 15) is 4.79 Å². The number of aryl methyl sites for hydroxylation is 2. The third-order valence-corrected chi connectivity index (χ3v) is 3.90. The molecule has 3 rings (SSSR count). The molecule has 0 aliphatic rings. The summed E-state index contributed by atoms with van der Waals surface area (Å²) in [6, 6.07) is 9.24. The number of methoxy groups -OCH3 is 2. The van der Waals surface area contributed by atoms with Crippen LogP contribution in [-0.4, -0.2) is 39.7 Å². The number of carbonyl (C=O) groups excluding carboxylic acids is 1. The number of hydrogen-bond donors (Lipinski definition) is 1. The normalized spacial score (nSPS) is 10.6. The lowest BCUT2D eigenvalue weighted by Gasteiger charge is -2.08. The molecule has 0 saturated heterocycles. The smallest absolute Gasteiger partial charge is 0.247 e. The second-order valence-electron chi connectivity index (χ2n) is 5.81. The van der Waals surface area contributed by atoms with Crippen molar-refractivity contribution in [3.05, 3.63) is 42.2 Å². The fourth-order valence-electron chi connectivity index (χ4n) is 2.66. The lowest BCUT2D eigenvalue weighted by molar-refractivity contribution is -0.116. The van der Waals surface area contributed by atoms with Gasteiger partial charge < -0.3 is 14.8 Å². The molecule has 0 unspecified atom stereocenters. The lowest BCUT2D eigenvalue weighted by Crippen LogP contribution is -2.20. The molecule has 0 saturated carbocycles. The van der Waals surface area contributed by atoms with Crippen molar-refractivity contribution in [2.75, 3.05) is 19.5 Å². The highest BCUT2D eigenvalue weighted by atomic mass is 16.5. The van der Waals surface area contributed by atoms with Crippen LogP contribution in [0.4, 0.5) is 5.82 Å². The van der Waals surface area contributed by atoms with Gasteiger partial charge >= 0.3 is 0 Å². The van der Waals surface area contributed by atoms with Crippen LogP contribution in [0.15, 0.2) is 36.5 Å². The van der Waals surface area contributed by atoms with E-state index in [-0.39, 0.29) is 12.5 Å². The van der Waals surface area contributed by atoms with Crippen LogP contribution >= 0.6 is 0 Å². The summed E-state index contributed by atoms with van der Waals surface area (Å²) in [7, 11) is 4.96. The van der Waals surface area contributed by atoms with E-state index in [4.69, 9.17) is 9.47 Å². The topological polar surface area (TPSA) is 83.2 Å². The van der Waals surface area contributed by atoms with Gasteiger partial charge in [0, 0.05) is 24.9 Å². The van der Waals surface area contributed by atoms with Gasteiger partial charge in [0.1, 0.15) is 12.4 Å². The van der Waals surface area contributed by atoms with Crippen LogP contribution < -0.4 is 14.8 Å². The maximum atomic E-state index is 12.2. The fraction of sp³-hybridized carbons (Fsp3) is 0.278. The minimum atomic E-state index is -0.171. The highest BCUT2D eigenvalue weighted by Gasteiger charge is 2.11. The van der Waals surface area contributed by atoms with Crippen molar-refractivity contribution in [3.63, 3.8) is 0 Å². The zero-order valence-corrected chi connectivity index (χ0v) is 15.2. The van der Waals surface area contributed by atoms with Crippen LogP contribution in [0.2, 0.25) is 0 Å². The van der Waals surface area contributed by atoms with Gasteiger partial charge in [-0.3, -0.25) is 14.2 Å². The molecule has 0 fully saturated rings. The Balaban J connectivity index is 1.71. The number of carbonyl (C=O) groups is 1. The number of benzene rings is 1. The average molecular weight is 355 g/mol. The molecule has 2 aromatic heterocycles. The number of amides is 1. The van der Waals surface area contributed by atoms with Crippen molar-refractivity contribution < 1.29 is 14.3 Å². The van der Waals surface area contributed by atoms with Crippen LogP contribution in [0.25, 0.3) is 11.3 Å². The third-order valence-electron chi connectivity index (χ3n) is 3.90. The van der Waals surface area contributed by atoms with E-state index in [1.165, 1.54) is 0 Å². The van der Waals surface area contributed by atoms with Crippen LogP contribution in [0, 0.1) is 6.92 Å². The van der Waals surface area contributed by atoms with Crippen LogP contribution in [0.1, 0.15) is 5.69 Å². The Bertz CT molecular complexity index is 929. The highest BCUT2D eigenvalue weighted by Crippen LogP contribution is 2.31. The van der Waals surface area contributed by atoms with Gasteiger partial charge in [0.05, 0.1) is 25.6 Å². The van der Waals surface area contributed by atoms with E-state index in [1.807, 2.05) is 37.3 Å². The molecule has 1 N–H and O–H groups in total. The lowest BCUT2D eigenvalue weighted by atomic mass is 10.1. The van der Waals surface area contributed by atoms with Crippen LogP contribution in [0.5, 0.6) is 11.5 Å². The number of rotatable bonds is 6. The first-order valence-corrected chi connectivity index (χ1v) is 8.06. The van der Waals surface area contributed by atoms with Crippen molar-refractivity contribution in [1.29, 1.82) is 0 Å². The molecule has 26 heavy (non-hydrogen) atoms. The molecule has 2 heterocycles. The Hall–Kier alpha value is -3.29. The molecule has 8 heteroatoms. The SMILES string of the molecule is COc1ccc(-c2ccn(CC(=O)Nc3cc(C)nn3C)n2)cc1OC. The molecule has 0 spiro atoms. The first kappa shape index (κ1) is 17.5. The maximum Gasteiger partial charge on any atom is 0.247 e. The number of nitrogens with zero attached hydrogens (tertiary/aromatic N) is 4. The predicted molar refractivity (Wildman–Crippen MR) is 97.3 cm³/mol. The largest absolute Gasteiger partial charge is 0.493 e. The summed E-state index contributed by atoms with van der Waals surface area (Å²) in [5, 5.41) is 11.5. The van der Waals surface area contributed by atoms with Gasteiger partial charge in [-0.1, -0.05) is 0 Å². The summed E-state index contributed by atoms with van der Waals surface area (Å²) in [5.41, 5.74) is 2.47. The van der Waals surface area contributed by atoms with Gasteiger partial charge in [-0.25, -0.2) is 0 Å². The number of anilines is 1. The quantitative estimate of drug-likeness (QED) is 0.733. The summed E-state index contributed by atoms with van der Waals surface area (Å²) < 4.78 is 13.8. The highest BCUT2D eigenvalue weighted by molar-refractivity contribution is 5.89. The van der Waals surface area contributed by atoms with E-state index >= 15 is 0 Å². The third kappa shape index (κ3) is 3.69. The second-order valence-corrected chi connectivity index (χ2v) is 5.81. The molecule has 0 bridgehead atoms. The molecule has 136 valence electrons. The Morgan fingerprint density at radius 1 is 1.12 bits per heavy atom. The Kier molecular flexibility index (Phi) is 4.92. The van der Waals surface area contributed by atoms with Crippen molar-refractivity contribution in [2.45, 2.75) is 13.5 Å². The molecular weight excluding hydrogens is 334 g/mol. The van der Waals surface area contributed by atoms with Crippen molar-refractivity contribution >= 4 is 11.7 Å². The number of ether oxygens (including phenoxy) is 2. The molecule has 0 radical (unpaired) electrons. The van der Waals surface area contributed by atoms with Gasteiger partial charge in [0.15, 0.2) is 11.5 Å². The monoisotopic (exact) mass is 355 g/mol. The summed E-state index contributed by atoms with van der Waals surface area (Å²) in [5.74, 6) is 1.76. The van der Waals surface area contributed by atoms with E-state index in [1.54, 1.807) is 36.8 Å². The van der Waals surface area contributed by atoms with Gasteiger partial charge in [0.2, 0.25) is 5.91 Å². The van der Waals surface area contributed by atoms with Crippen molar-refractivity contribution in [1.82, 2.24) is 19.6 Å². The van der Waals surface area contributed by atoms with Crippen LogP contribution in [0.3, 0.4) is 0 Å². The minimum absolute atomic E-state index is 0.109. The zero-order valence-electron chi connectivity index (χ0n) is 15.2. The molecule has 0 atom stereocenters. The van der Waals surface area contributed by atoms with Crippen LogP contribution in [-0.2, 0) is 18.4 Å². The Morgan fingerprint density at radius 2 is 1.88 bits per heavy atom.